The number of rotatable bonds is 5. The average molecular weight is 407 g/mol. The van der Waals surface area contributed by atoms with Crippen LogP contribution >= 0.6 is 0 Å². The largest absolute Gasteiger partial charge is 0.323 e. The molecule has 1 heterocycles. The van der Waals surface area contributed by atoms with Gasteiger partial charge in [0.2, 0.25) is 5.91 Å². The summed E-state index contributed by atoms with van der Waals surface area (Å²) in [4.78, 5) is 24.9. The number of H-pyrrole nitrogens is 1. The van der Waals surface area contributed by atoms with Gasteiger partial charge in [0, 0.05) is 11.8 Å². The highest BCUT2D eigenvalue weighted by molar-refractivity contribution is 6.01. The van der Waals surface area contributed by atoms with E-state index in [2.05, 4.69) is 17.0 Å². The van der Waals surface area contributed by atoms with Crippen molar-refractivity contribution in [3.8, 4) is 5.69 Å². The summed E-state index contributed by atoms with van der Waals surface area (Å²) in [5, 5.41) is 6.87. The normalized spacial score (nSPS) is 11.7. The van der Waals surface area contributed by atoms with Crippen molar-refractivity contribution >= 4 is 30.3 Å². The van der Waals surface area contributed by atoms with Gasteiger partial charge >= 0.3 is 0 Å². The predicted octanol–water partition coefficient (Wildman–Crippen LogP) is 3.06. The molecule has 0 spiro atoms. The molecule has 0 saturated carbocycles. The summed E-state index contributed by atoms with van der Waals surface area (Å²) in [6.07, 6.45) is 5.04. The van der Waals surface area contributed by atoms with Gasteiger partial charge in [0.05, 0.1) is 16.3 Å². The van der Waals surface area contributed by atoms with Crippen molar-refractivity contribution in [1.29, 1.82) is 0 Å². The van der Waals surface area contributed by atoms with E-state index in [1.54, 1.807) is 24.3 Å². The maximum absolute atomic E-state index is 12.8. The predicted molar refractivity (Wildman–Crippen MR) is 125 cm³/mol. The first-order valence-corrected chi connectivity index (χ1v) is 9.81. The van der Waals surface area contributed by atoms with Crippen molar-refractivity contribution in [1.82, 2.24) is 9.78 Å². The summed E-state index contributed by atoms with van der Waals surface area (Å²) in [6, 6.07) is 26.2. The second kappa shape index (κ2) is 8.97. The number of hydrogen-bond donors (Lipinski definition) is 2. The fourth-order valence-corrected chi connectivity index (χ4v) is 3.15. The molecule has 0 atom stereocenters. The quantitative estimate of drug-likeness (QED) is 0.500. The second-order valence-corrected chi connectivity index (χ2v) is 6.98. The number of nitrogens with zero attached hydrogens (tertiary/aromatic N) is 1. The summed E-state index contributed by atoms with van der Waals surface area (Å²) in [7, 11) is 0. The molecule has 0 aliphatic carbocycles. The maximum atomic E-state index is 12.8. The van der Waals surface area contributed by atoms with Crippen molar-refractivity contribution in [2.24, 2.45) is 0 Å². The van der Waals surface area contributed by atoms with E-state index in [0.717, 1.165) is 16.8 Å². The standard InChI is InChI=1S/C26H21N3O2/c1-19-24(26(31)29(28-19)23-10-6-3-7-11-23)18-21-12-15-22(16-13-21)27-25(30)17-14-20-8-4-2-5-9-20/h2-18,28H,1H2,(H,27,30)/b17-14+,24-18-. The minimum absolute atomic E-state index is 0.167. The van der Waals surface area contributed by atoms with Crippen LogP contribution in [0.25, 0.3) is 24.4 Å². The molecule has 0 radical (unpaired) electrons. The van der Waals surface area contributed by atoms with E-state index in [1.807, 2.05) is 72.8 Å². The van der Waals surface area contributed by atoms with Gasteiger partial charge in [-0.1, -0.05) is 67.2 Å². The zero-order valence-electron chi connectivity index (χ0n) is 16.8. The Hall–Kier alpha value is -4.38. The lowest BCUT2D eigenvalue weighted by molar-refractivity contribution is -0.111. The lowest BCUT2D eigenvalue weighted by atomic mass is 10.1. The number of nitrogens with one attached hydrogen (secondary N) is 2. The van der Waals surface area contributed by atoms with Gasteiger partial charge < -0.3 is 5.32 Å². The summed E-state index contributed by atoms with van der Waals surface area (Å²) in [5.74, 6) is -0.211. The van der Waals surface area contributed by atoms with Crippen molar-refractivity contribution in [3.63, 3.8) is 0 Å². The van der Waals surface area contributed by atoms with Crippen molar-refractivity contribution in [2.75, 3.05) is 5.32 Å². The molecule has 0 bridgehead atoms. The number of amides is 1. The second-order valence-electron chi connectivity index (χ2n) is 6.98. The first kappa shape index (κ1) is 19.9. The highest BCUT2D eigenvalue weighted by Gasteiger charge is 2.04. The van der Waals surface area contributed by atoms with Gasteiger partial charge in [-0.05, 0) is 47.5 Å². The highest BCUT2D eigenvalue weighted by Crippen LogP contribution is 2.10. The molecule has 152 valence electrons. The molecule has 0 aliphatic heterocycles. The number of carbonyl (C=O) groups is 1. The van der Waals surface area contributed by atoms with Crippen LogP contribution in [0.4, 0.5) is 5.69 Å². The fourth-order valence-electron chi connectivity index (χ4n) is 3.15. The number of hydrogen-bond acceptors (Lipinski definition) is 2. The van der Waals surface area contributed by atoms with Gasteiger partial charge in [-0.2, -0.15) is 0 Å². The number of aromatic nitrogens is 2. The van der Waals surface area contributed by atoms with Crippen molar-refractivity contribution in [2.45, 2.75) is 0 Å². The summed E-state index contributed by atoms with van der Waals surface area (Å²) >= 11 is 0. The number of benzene rings is 3. The topological polar surface area (TPSA) is 66.9 Å². The minimum atomic E-state index is -0.211. The molecule has 5 heteroatoms. The van der Waals surface area contributed by atoms with Crippen LogP contribution in [-0.2, 0) is 4.79 Å². The van der Waals surface area contributed by atoms with Gasteiger partial charge in [-0.25, -0.2) is 4.68 Å². The van der Waals surface area contributed by atoms with E-state index in [1.165, 1.54) is 10.8 Å². The summed E-state index contributed by atoms with van der Waals surface area (Å²) in [6.45, 7) is 3.95. The Labute approximate surface area is 179 Å². The number of aromatic amines is 1. The third kappa shape index (κ3) is 4.79. The monoisotopic (exact) mass is 407 g/mol. The molecule has 0 aliphatic rings. The number of carbonyl (C=O) groups excluding carboxylic acids is 1. The summed E-state index contributed by atoms with van der Waals surface area (Å²) in [5.41, 5.74) is 3.04. The SMILES string of the molecule is C=c1[nH]n(-c2ccccc2)c(=O)/c1=C\c1ccc(NC(=O)/C=C/c2ccccc2)cc1. The van der Waals surface area contributed by atoms with Gasteiger partial charge in [-0.15, -0.1) is 0 Å². The Bertz CT molecular complexity index is 1380. The Morgan fingerprint density at radius 3 is 2.19 bits per heavy atom. The first-order chi connectivity index (χ1) is 15.1. The third-order valence-corrected chi connectivity index (χ3v) is 4.74. The van der Waals surface area contributed by atoms with Crippen LogP contribution in [0.15, 0.2) is 95.8 Å². The average Bonchev–Trinajstić information content (AvgIpc) is 3.08. The molecule has 0 unspecified atom stereocenters. The van der Waals surface area contributed by atoms with Crippen LogP contribution in [0.3, 0.4) is 0 Å². The first-order valence-electron chi connectivity index (χ1n) is 9.81. The zero-order valence-corrected chi connectivity index (χ0v) is 16.8. The van der Waals surface area contributed by atoms with E-state index in [4.69, 9.17) is 0 Å². The molecule has 31 heavy (non-hydrogen) atoms. The van der Waals surface area contributed by atoms with Crippen molar-refractivity contribution < 1.29 is 4.79 Å². The Morgan fingerprint density at radius 2 is 1.52 bits per heavy atom. The lowest BCUT2D eigenvalue weighted by Gasteiger charge is -2.02. The third-order valence-electron chi connectivity index (χ3n) is 4.74. The van der Waals surface area contributed by atoms with Crippen LogP contribution < -0.4 is 21.4 Å². The number of anilines is 1. The lowest BCUT2D eigenvalue weighted by Crippen LogP contribution is -2.33. The highest BCUT2D eigenvalue weighted by atomic mass is 16.1. The van der Waals surface area contributed by atoms with Gasteiger partial charge in [0.1, 0.15) is 0 Å². The van der Waals surface area contributed by atoms with E-state index < -0.39 is 0 Å². The van der Waals surface area contributed by atoms with Gasteiger partial charge in [0.25, 0.3) is 5.56 Å². The van der Waals surface area contributed by atoms with Crippen LogP contribution in [0.2, 0.25) is 0 Å². The zero-order chi connectivity index (χ0) is 21.6. The van der Waals surface area contributed by atoms with Gasteiger partial charge in [-0.3, -0.25) is 14.7 Å². The maximum Gasteiger partial charge on any atom is 0.279 e. The molecule has 0 fully saturated rings. The molecular weight excluding hydrogens is 386 g/mol. The Kier molecular flexibility index (Phi) is 5.76. The van der Waals surface area contributed by atoms with Crippen LogP contribution in [-0.4, -0.2) is 15.7 Å². The van der Waals surface area contributed by atoms with E-state index >= 15 is 0 Å². The Morgan fingerprint density at radius 1 is 0.871 bits per heavy atom. The molecular formula is C26H21N3O2. The molecule has 1 aromatic heterocycles. The smallest absolute Gasteiger partial charge is 0.279 e. The van der Waals surface area contributed by atoms with Crippen molar-refractivity contribution in [3.05, 3.63) is 123 Å². The van der Waals surface area contributed by atoms with E-state index in [0.29, 0.717) is 16.3 Å². The molecule has 2 N–H and O–H groups in total. The van der Waals surface area contributed by atoms with Crippen LogP contribution in [0, 0.1) is 0 Å². The number of para-hydroxylation sites is 1. The summed E-state index contributed by atoms with van der Waals surface area (Å²) < 4.78 is 1.47. The molecule has 0 saturated heterocycles. The molecule has 5 nitrogen and oxygen atoms in total. The minimum Gasteiger partial charge on any atom is -0.323 e. The van der Waals surface area contributed by atoms with Crippen LogP contribution in [0.5, 0.6) is 0 Å². The van der Waals surface area contributed by atoms with Gasteiger partial charge in [0.15, 0.2) is 0 Å². The van der Waals surface area contributed by atoms with E-state index in [-0.39, 0.29) is 11.5 Å². The van der Waals surface area contributed by atoms with Crippen LogP contribution in [0.1, 0.15) is 11.1 Å². The molecule has 3 aromatic carbocycles. The molecule has 4 rings (SSSR count). The Balaban J connectivity index is 1.51. The molecule has 1 amide bonds. The fraction of sp³-hybridized carbons (Fsp3) is 0. The molecule has 4 aromatic rings. The van der Waals surface area contributed by atoms with E-state index in [9.17, 15) is 9.59 Å².